The predicted octanol–water partition coefficient (Wildman–Crippen LogP) is 2.50. The highest BCUT2D eigenvalue weighted by Gasteiger charge is 2.33. The highest BCUT2D eigenvalue weighted by Crippen LogP contribution is 2.34. The second-order valence-corrected chi connectivity index (χ2v) is 6.75. The van der Waals surface area contributed by atoms with E-state index in [9.17, 15) is 4.79 Å². The summed E-state index contributed by atoms with van der Waals surface area (Å²) in [6.07, 6.45) is 2.49. The van der Waals surface area contributed by atoms with E-state index >= 15 is 0 Å². The summed E-state index contributed by atoms with van der Waals surface area (Å²) >= 11 is 3.52. The summed E-state index contributed by atoms with van der Waals surface area (Å²) in [5.41, 5.74) is 6.96. The number of hydrogen-bond acceptors (Lipinski definition) is 3. The molecule has 1 saturated carbocycles. The maximum absolute atomic E-state index is 12.4. The highest BCUT2D eigenvalue weighted by molar-refractivity contribution is 9.10. The molecule has 2 rings (SSSR count). The van der Waals surface area contributed by atoms with Crippen LogP contribution in [0.15, 0.2) is 28.7 Å². The van der Waals surface area contributed by atoms with E-state index in [-0.39, 0.29) is 18.3 Å². The summed E-state index contributed by atoms with van der Waals surface area (Å²) in [4.78, 5) is 16.2. The van der Waals surface area contributed by atoms with Gasteiger partial charge < -0.3 is 10.6 Å². The van der Waals surface area contributed by atoms with Gasteiger partial charge in [0.1, 0.15) is 0 Å². The Balaban J connectivity index is 0.00000242. The van der Waals surface area contributed by atoms with Gasteiger partial charge in [0.2, 0.25) is 5.91 Å². The predicted molar refractivity (Wildman–Crippen MR) is 96.1 cm³/mol. The van der Waals surface area contributed by atoms with E-state index in [4.69, 9.17) is 5.73 Å². The molecule has 1 aromatic rings. The van der Waals surface area contributed by atoms with Crippen molar-refractivity contribution < 1.29 is 4.79 Å². The van der Waals surface area contributed by atoms with Gasteiger partial charge in [-0.05, 0) is 37.4 Å². The average Bonchev–Trinajstić information content (AvgIpc) is 3.26. The SMILES string of the molecule is CN(Cc1ccccc1Br)C(=O)CN(C)C(CN)C1CC1.Cl. The van der Waals surface area contributed by atoms with Crippen LogP contribution in [0.2, 0.25) is 0 Å². The molecule has 6 heteroatoms. The van der Waals surface area contributed by atoms with Gasteiger partial charge in [0.25, 0.3) is 0 Å². The van der Waals surface area contributed by atoms with Gasteiger partial charge in [-0.3, -0.25) is 9.69 Å². The molecule has 1 aromatic carbocycles. The molecule has 22 heavy (non-hydrogen) atoms. The minimum absolute atomic E-state index is 0. The summed E-state index contributed by atoms with van der Waals surface area (Å²) in [6.45, 7) is 1.67. The number of halogens is 2. The van der Waals surface area contributed by atoms with Crippen LogP contribution in [0.4, 0.5) is 0 Å². The van der Waals surface area contributed by atoms with E-state index in [2.05, 4.69) is 20.8 Å². The van der Waals surface area contributed by atoms with Crippen molar-refractivity contribution in [2.24, 2.45) is 11.7 Å². The van der Waals surface area contributed by atoms with Crippen LogP contribution in [-0.4, -0.2) is 48.9 Å². The Bertz CT molecular complexity index is 496. The quantitative estimate of drug-likeness (QED) is 0.778. The molecule has 1 unspecified atom stereocenters. The number of carbonyl (C=O) groups excluding carboxylic acids is 1. The summed E-state index contributed by atoms with van der Waals surface area (Å²) in [6, 6.07) is 8.33. The molecular formula is C16H25BrClN3O. The first-order chi connectivity index (χ1) is 10.0. The maximum Gasteiger partial charge on any atom is 0.236 e. The van der Waals surface area contributed by atoms with Crippen molar-refractivity contribution in [3.05, 3.63) is 34.3 Å². The molecule has 0 bridgehead atoms. The molecule has 0 spiro atoms. The molecule has 2 N–H and O–H groups in total. The Kier molecular flexibility index (Phi) is 7.83. The molecule has 1 atom stereocenters. The summed E-state index contributed by atoms with van der Waals surface area (Å²) in [5.74, 6) is 0.814. The topological polar surface area (TPSA) is 49.6 Å². The number of carbonyl (C=O) groups is 1. The van der Waals surface area contributed by atoms with E-state index < -0.39 is 0 Å². The second kappa shape index (κ2) is 8.87. The number of nitrogens with two attached hydrogens (primary N) is 1. The van der Waals surface area contributed by atoms with Crippen molar-refractivity contribution >= 4 is 34.2 Å². The highest BCUT2D eigenvalue weighted by atomic mass is 79.9. The van der Waals surface area contributed by atoms with Crippen LogP contribution in [0, 0.1) is 5.92 Å². The van der Waals surface area contributed by atoms with E-state index in [0.717, 1.165) is 10.0 Å². The zero-order valence-corrected chi connectivity index (χ0v) is 15.6. The van der Waals surface area contributed by atoms with Gasteiger partial charge in [0, 0.05) is 30.7 Å². The van der Waals surface area contributed by atoms with Gasteiger partial charge in [0.15, 0.2) is 0 Å². The Labute approximate surface area is 147 Å². The van der Waals surface area contributed by atoms with Crippen molar-refractivity contribution in [3.63, 3.8) is 0 Å². The Morgan fingerprint density at radius 1 is 1.36 bits per heavy atom. The lowest BCUT2D eigenvalue weighted by Gasteiger charge is -2.28. The molecule has 1 amide bonds. The first kappa shape index (κ1) is 19.4. The minimum atomic E-state index is 0. The summed E-state index contributed by atoms with van der Waals surface area (Å²) in [7, 11) is 3.85. The maximum atomic E-state index is 12.4. The standard InChI is InChI=1S/C16H24BrN3O.ClH/c1-19(15(9-18)12-7-8-12)11-16(21)20(2)10-13-5-3-4-6-14(13)17;/h3-6,12,15H,7-11,18H2,1-2H3;1H. The molecular weight excluding hydrogens is 366 g/mol. The average molecular weight is 391 g/mol. The van der Waals surface area contributed by atoms with Crippen LogP contribution in [0.25, 0.3) is 0 Å². The van der Waals surface area contributed by atoms with Gasteiger partial charge >= 0.3 is 0 Å². The molecule has 0 saturated heterocycles. The van der Waals surface area contributed by atoms with Gasteiger partial charge in [-0.25, -0.2) is 0 Å². The Morgan fingerprint density at radius 2 is 2.00 bits per heavy atom. The Hall–Kier alpha value is -0.620. The third-order valence-electron chi connectivity index (χ3n) is 4.15. The van der Waals surface area contributed by atoms with E-state index in [1.807, 2.05) is 38.4 Å². The normalized spacial score (nSPS) is 15.3. The van der Waals surface area contributed by atoms with Crippen LogP contribution in [0.3, 0.4) is 0 Å². The lowest BCUT2D eigenvalue weighted by Crippen LogP contribution is -2.45. The summed E-state index contributed by atoms with van der Waals surface area (Å²) in [5, 5.41) is 0. The van der Waals surface area contributed by atoms with Crippen molar-refractivity contribution in [2.45, 2.75) is 25.4 Å². The number of rotatable bonds is 7. The number of hydrogen-bond donors (Lipinski definition) is 1. The molecule has 0 radical (unpaired) electrons. The van der Waals surface area contributed by atoms with Gasteiger partial charge in [0.05, 0.1) is 6.54 Å². The third kappa shape index (κ3) is 5.23. The lowest BCUT2D eigenvalue weighted by molar-refractivity contribution is -0.131. The fraction of sp³-hybridized carbons (Fsp3) is 0.562. The van der Waals surface area contributed by atoms with Gasteiger partial charge in [-0.15, -0.1) is 12.4 Å². The smallest absolute Gasteiger partial charge is 0.236 e. The van der Waals surface area contributed by atoms with E-state index in [1.165, 1.54) is 12.8 Å². The lowest BCUT2D eigenvalue weighted by atomic mass is 10.1. The first-order valence-electron chi connectivity index (χ1n) is 7.40. The van der Waals surface area contributed by atoms with Crippen molar-refractivity contribution in [1.82, 2.24) is 9.80 Å². The largest absolute Gasteiger partial charge is 0.340 e. The van der Waals surface area contributed by atoms with E-state index in [1.54, 1.807) is 4.90 Å². The van der Waals surface area contributed by atoms with Crippen molar-refractivity contribution in [1.29, 1.82) is 0 Å². The number of likely N-dealkylation sites (N-methyl/N-ethyl adjacent to an activating group) is 2. The van der Waals surface area contributed by atoms with Crippen LogP contribution >= 0.6 is 28.3 Å². The molecule has 1 fully saturated rings. The van der Waals surface area contributed by atoms with E-state index in [0.29, 0.717) is 31.6 Å². The van der Waals surface area contributed by atoms with Crippen molar-refractivity contribution in [2.75, 3.05) is 27.2 Å². The van der Waals surface area contributed by atoms with Crippen LogP contribution in [0.1, 0.15) is 18.4 Å². The zero-order chi connectivity index (χ0) is 15.4. The van der Waals surface area contributed by atoms with Crippen LogP contribution < -0.4 is 5.73 Å². The number of nitrogens with zero attached hydrogens (tertiary/aromatic N) is 2. The molecule has 1 aliphatic rings. The molecule has 0 aromatic heterocycles. The van der Waals surface area contributed by atoms with Gasteiger partial charge in [-0.2, -0.15) is 0 Å². The summed E-state index contributed by atoms with van der Waals surface area (Å²) < 4.78 is 1.04. The van der Waals surface area contributed by atoms with Gasteiger partial charge in [-0.1, -0.05) is 34.1 Å². The third-order valence-corrected chi connectivity index (χ3v) is 4.92. The number of amides is 1. The first-order valence-corrected chi connectivity index (χ1v) is 8.20. The zero-order valence-electron chi connectivity index (χ0n) is 13.2. The number of benzene rings is 1. The molecule has 0 heterocycles. The fourth-order valence-corrected chi connectivity index (χ4v) is 3.05. The molecule has 4 nitrogen and oxygen atoms in total. The van der Waals surface area contributed by atoms with Crippen LogP contribution in [0.5, 0.6) is 0 Å². The monoisotopic (exact) mass is 389 g/mol. The second-order valence-electron chi connectivity index (χ2n) is 5.90. The molecule has 124 valence electrons. The fourth-order valence-electron chi connectivity index (χ4n) is 2.63. The van der Waals surface area contributed by atoms with Crippen LogP contribution in [-0.2, 0) is 11.3 Å². The molecule has 0 aliphatic heterocycles. The minimum Gasteiger partial charge on any atom is -0.340 e. The Morgan fingerprint density at radius 3 is 2.55 bits per heavy atom. The van der Waals surface area contributed by atoms with Crippen molar-refractivity contribution in [3.8, 4) is 0 Å². The molecule has 1 aliphatic carbocycles.